The molecule has 0 aliphatic rings. The largest absolute Gasteiger partial charge is 0.370 e. The molecular weight excluding hydrogens is 238 g/mol. The fraction of sp³-hybridized carbons (Fsp3) is 0.364. The van der Waals surface area contributed by atoms with Gasteiger partial charge in [0.05, 0.1) is 17.5 Å². The van der Waals surface area contributed by atoms with Crippen LogP contribution in [0.15, 0.2) is 24.3 Å². The topological polar surface area (TPSA) is 82.0 Å². The van der Waals surface area contributed by atoms with E-state index in [-0.39, 0.29) is 11.8 Å². The van der Waals surface area contributed by atoms with Crippen LogP contribution in [0.2, 0.25) is 0 Å². The van der Waals surface area contributed by atoms with Crippen molar-refractivity contribution in [2.45, 2.75) is 19.9 Å². The van der Waals surface area contributed by atoms with Crippen molar-refractivity contribution in [2.75, 3.05) is 15.8 Å². The SMILES string of the molecule is CCS(=O)(=O)Nc1cccc(NC(C)C#N)c1. The highest BCUT2D eigenvalue weighted by Gasteiger charge is 2.07. The summed E-state index contributed by atoms with van der Waals surface area (Å²) >= 11 is 0. The molecule has 0 amide bonds. The molecule has 0 saturated heterocycles. The number of nitrogens with one attached hydrogen (secondary N) is 2. The Labute approximate surface area is 102 Å². The summed E-state index contributed by atoms with van der Waals surface area (Å²) in [5.74, 6) is 0.0270. The predicted molar refractivity (Wildman–Crippen MR) is 68.2 cm³/mol. The summed E-state index contributed by atoms with van der Waals surface area (Å²) in [5, 5.41) is 11.6. The molecule has 0 bridgehead atoms. The van der Waals surface area contributed by atoms with E-state index in [1.165, 1.54) is 0 Å². The molecule has 1 atom stereocenters. The summed E-state index contributed by atoms with van der Waals surface area (Å²) in [6.45, 7) is 3.30. The van der Waals surface area contributed by atoms with Gasteiger partial charge in [-0.15, -0.1) is 0 Å². The lowest BCUT2D eigenvalue weighted by molar-refractivity contribution is 0.602. The molecule has 1 rings (SSSR count). The minimum absolute atomic E-state index is 0.0270. The predicted octanol–water partition coefficient (Wildman–Crippen LogP) is 1.77. The van der Waals surface area contributed by atoms with Crippen LogP contribution < -0.4 is 10.0 Å². The number of hydrogen-bond acceptors (Lipinski definition) is 4. The molecule has 1 aromatic rings. The van der Waals surface area contributed by atoms with Crippen LogP contribution >= 0.6 is 0 Å². The van der Waals surface area contributed by atoms with Gasteiger partial charge >= 0.3 is 0 Å². The van der Waals surface area contributed by atoms with Crippen LogP contribution in [-0.2, 0) is 10.0 Å². The number of rotatable bonds is 5. The zero-order valence-electron chi connectivity index (χ0n) is 9.77. The number of sulfonamides is 1. The van der Waals surface area contributed by atoms with Crippen molar-refractivity contribution < 1.29 is 8.42 Å². The van der Waals surface area contributed by atoms with Gasteiger partial charge in [-0.1, -0.05) is 6.07 Å². The Morgan fingerprint density at radius 3 is 2.65 bits per heavy atom. The maximum atomic E-state index is 11.4. The first-order chi connectivity index (χ1) is 7.96. The second-order valence-electron chi connectivity index (χ2n) is 3.58. The molecule has 1 unspecified atom stereocenters. The van der Waals surface area contributed by atoms with Crippen LogP contribution in [0.3, 0.4) is 0 Å². The smallest absolute Gasteiger partial charge is 0.232 e. The van der Waals surface area contributed by atoms with Crippen molar-refractivity contribution in [3.63, 3.8) is 0 Å². The Hall–Kier alpha value is -1.74. The standard InChI is InChI=1S/C11H15N3O2S/c1-3-17(15,16)14-11-6-4-5-10(7-11)13-9(2)8-12/h4-7,9,13-14H,3H2,1-2H3. The van der Waals surface area contributed by atoms with Crippen LogP contribution in [0, 0.1) is 11.3 Å². The third-order valence-corrected chi connectivity index (χ3v) is 3.40. The molecule has 0 spiro atoms. The average Bonchev–Trinajstić information content (AvgIpc) is 2.29. The highest BCUT2D eigenvalue weighted by atomic mass is 32.2. The highest BCUT2D eigenvalue weighted by molar-refractivity contribution is 7.92. The molecule has 6 heteroatoms. The fourth-order valence-corrected chi connectivity index (χ4v) is 1.84. The second-order valence-corrected chi connectivity index (χ2v) is 5.59. The number of anilines is 2. The van der Waals surface area contributed by atoms with Crippen LogP contribution in [0.25, 0.3) is 0 Å². The van der Waals surface area contributed by atoms with E-state index in [0.717, 1.165) is 0 Å². The van der Waals surface area contributed by atoms with E-state index in [4.69, 9.17) is 5.26 Å². The molecular formula is C11H15N3O2S. The molecule has 0 aliphatic carbocycles. The molecule has 0 radical (unpaired) electrons. The molecule has 92 valence electrons. The maximum absolute atomic E-state index is 11.4. The highest BCUT2D eigenvalue weighted by Crippen LogP contribution is 2.17. The van der Waals surface area contributed by atoms with Gasteiger partial charge in [-0.25, -0.2) is 8.42 Å². The minimum Gasteiger partial charge on any atom is -0.370 e. The summed E-state index contributed by atoms with van der Waals surface area (Å²) in [4.78, 5) is 0. The first kappa shape index (κ1) is 13.3. The average molecular weight is 253 g/mol. The minimum atomic E-state index is -3.27. The Kier molecular flexibility index (Phi) is 4.35. The monoisotopic (exact) mass is 253 g/mol. The van der Waals surface area contributed by atoms with Crippen LogP contribution in [-0.4, -0.2) is 20.2 Å². The third kappa shape index (κ3) is 4.33. The van der Waals surface area contributed by atoms with E-state index in [1.54, 1.807) is 38.1 Å². The van der Waals surface area contributed by atoms with Crippen LogP contribution in [0.5, 0.6) is 0 Å². The van der Waals surface area contributed by atoms with E-state index in [1.807, 2.05) is 6.07 Å². The summed E-state index contributed by atoms with van der Waals surface area (Å²) < 4.78 is 25.2. The fourth-order valence-electron chi connectivity index (χ4n) is 1.21. The number of benzene rings is 1. The molecule has 5 nitrogen and oxygen atoms in total. The Balaban J connectivity index is 2.84. The Morgan fingerprint density at radius 1 is 1.41 bits per heavy atom. The Bertz CT molecular complexity index is 520. The van der Waals surface area contributed by atoms with E-state index in [9.17, 15) is 8.42 Å². The quantitative estimate of drug-likeness (QED) is 0.838. The zero-order valence-corrected chi connectivity index (χ0v) is 10.6. The molecule has 0 fully saturated rings. The summed E-state index contributed by atoms with van der Waals surface area (Å²) in [7, 11) is -3.27. The molecule has 2 N–H and O–H groups in total. The van der Waals surface area contributed by atoms with Gasteiger partial charge in [-0.05, 0) is 32.0 Å². The van der Waals surface area contributed by atoms with Crippen LogP contribution in [0.1, 0.15) is 13.8 Å². The van der Waals surface area contributed by atoms with Crippen molar-refractivity contribution >= 4 is 21.4 Å². The van der Waals surface area contributed by atoms with Crippen molar-refractivity contribution in [1.82, 2.24) is 0 Å². The van der Waals surface area contributed by atoms with Crippen molar-refractivity contribution in [2.24, 2.45) is 0 Å². The molecule has 0 aliphatic heterocycles. The normalized spacial score (nSPS) is 12.5. The van der Waals surface area contributed by atoms with E-state index in [2.05, 4.69) is 10.0 Å². The number of hydrogen-bond donors (Lipinski definition) is 2. The Morgan fingerprint density at radius 2 is 2.06 bits per heavy atom. The zero-order chi connectivity index (χ0) is 12.9. The number of nitrogens with zero attached hydrogens (tertiary/aromatic N) is 1. The van der Waals surface area contributed by atoms with E-state index < -0.39 is 10.0 Å². The van der Waals surface area contributed by atoms with Gasteiger partial charge < -0.3 is 5.32 Å². The van der Waals surface area contributed by atoms with Crippen molar-refractivity contribution in [1.29, 1.82) is 5.26 Å². The van der Waals surface area contributed by atoms with Gasteiger partial charge in [0.1, 0.15) is 6.04 Å². The van der Waals surface area contributed by atoms with Gasteiger partial charge in [0.25, 0.3) is 0 Å². The lowest BCUT2D eigenvalue weighted by Gasteiger charge is -2.10. The lowest BCUT2D eigenvalue weighted by Crippen LogP contribution is -2.15. The van der Waals surface area contributed by atoms with Crippen molar-refractivity contribution in [3.05, 3.63) is 24.3 Å². The third-order valence-electron chi connectivity index (χ3n) is 2.09. The first-order valence-corrected chi connectivity index (χ1v) is 6.89. The maximum Gasteiger partial charge on any atom is 0.232 e. The lowest BCUT2D eigenvalue weighted by atomic mass is 10.2. The molecule has 17 heavy (non-hydrogen) atoms. The van der Waals surface area contributed by atoms with Gasteiger partial charge in [0.2, 0.25) is 10.0 Å². The molecule has 0 aromatic heterocycles. The first-order valence-electron chi connectivity index (χ1n) is 5.23. The molecule has 0 saturated carbocycles. The van der Waals surface area contributed by atoms with Gasteiger partial charge in [-0.2, -0.15) is 5.26 Å². The van der Waals surface area contributed by atoms with Gasteiger partial charge in [0, 0.05) is 5.69 Å². The second kappa shape index (κ2) is 5.55. The molecule has 0 heterocycles. The number of nitriles is 1. The van der Waals surface area contributed by atoms with Crippen LogP contribution in [0.4, 0.5) is 11.4 Å². The van der Waals surface area contributed by atoms with Gasteiger partial charge in [-0.3, -0.25) is 4.72 Å². The van der Waals surface area contributed by atoms with E-state index >= 15 is 0 Å². The molecule has 1 aromatic carbocycles. The van der Waals surface area contributed by atoms with Crippen molar-refractivity contribution in [3.8, 4) is 6.07 Å². The summed E-state index contributed by atoms with van der Waals surface area (Å²) in [6.07, 6.45) is 0. The summed E-state index contributed by atoms with van der Waals surface area (Å²) in [6, 6.07) is 8.53. The van der Waals surface area contributed by atoms with E-state index in [0.29, 0.717) is 11.4 Å². The van der Waals surface area contributed by atoms with Gasteiger partial charge in [0.15, 0.2) is 0 Å². The summed E-state index contributed by atoms with van der Waals surface area (Å²) in [5.41, 5.74) is 1.19.